The number of rotatable bonds is 4. The van der Waals surface area contributed by atoms with Crippen molar-refractivity contribution in [3.05, 3.63) is 59.9 Å². The Kier molecular flexibility index (Phi) is 4.52. The van der Waals surface area contributed by atoms with Crippen molar-refractivity contribution in [1.29, 1.82) is 0 Å². The number of piperidine rings is 1. The monoisotopic (exact) mass is 335 g/mol. The van der Waals surface area contributed by atoms with Crippen molar-refractivity contribution in [3.8, 4) is 11.6 Å². The fourth-order valence-electron chi connectivity index (χ4n) is 3.26. The van der Waals surface area contributed by atoms with Gasteiger partial charge in [-0.25, -0.2) is 4.98 Å². The summed E-state index contributed by atoms with van der Waals surface area (Å²) in [5, 5.41) is 8.40. The molecule has 0 amide bonds. The van der Waals surface area contributed by atoms with Crippen LogP contribution in [-0.4, -0.2) is 38.2 Å². The highest BCUT2D eigenvalue weighted by molar-refractivity contribution is 5.43. The smallest absolute Gasteiger partial charge is 0.267 e. The molecule has 3 aromatic rings. The Balaban J connectivity index is 1.44. The van der Waals surface area contributed by atoms with E-state index in [1.54, 1.807) is 18.6 Å². The van der Waals surface area contributed by atoms with Gasteiger partial charge in [-0.05, 0) is 31.9 Å². The first-order valence-electron chi connectivity index (χ1n) is 8.65. The summed E-state index contributed by atoms with van der Waals surface area (Å²) < 4.78 is 5.87. The summed E-state index contributed by atoms with van der Waals surface area (Å²) in [6, 6.07) is 8.75. The van der Waals surface area contributed by atoms with Gasteiger partial charge in [0.05, 0.1) is 12.1 Å². The summed E-state index contributed by atoms with van der Waals surface area (Å²) in [6.07, 6.45) is 7.11. The minimum Gasteiger partial charge on any atom is -0.419 e. The van der Waals surface area contributed by atoms with Gasteiger partial charge in [-0.2, -0.15) is 0 Å². The number of likely N-dealkylation sites (tertiary alicyclic amines) is 1. The van der Waals surface area contributed by atoms with Crippen LogP contribution in [0.1, 0.15) is 35.8 Å². The van der Waals surface area contributed by atoms with Gasteiger partial charge in [0, 0.05) is 25.5 Å². The quantitative estimate of drug-likeness (QED) is 0.729. The van der Waals surface area contributed by atoms with Crippen molar-refractivity contribution in [2.24, 2.45) is 0 Å². The molecule has 0 N–H and O–H groups in total. The molecule has 1 fully saturated rings. The molecular weight excluding hydrogens is 314 g/mol. The molecule has 1 aromatic carbocycles. The van der Waals surface area contributed by atoms with Crippen LogP contribution in [0.5, 0.6) is 0 Å². The predicted octanol–water partition coefficient (Wildman–Crippen LogP) is 3.21. The molecule has 1 unspecified atom stereocenters. The molecule has 25 heavy (non-hydrogen) atoms. The molecule has 0 spiro atoms. The van der Waals surface area contributed by atoms with Gasteiger partial charge in [0.1, 0.15) is 5.69 Å². The lowest BCUT2D eigenvalue weighted by Gasteiger charge is -2.31. The second-order valence-corrected chi connectivity index (χ2v) is 6.60. The lowest BCUT2D eigenvalue weighted by molar-refractivity contribution is 0.186. The van der Waals surface area contributed by atoms with Crippen molar-refractivity contribution in [3.63, 3.8) is 0 Å². The van der Waals surface area contributed by atoms with Gasteiger partial charge in [0.15, 0.2) is 0 Å². The van der Waals surface area contributed by atoms with Crippen LogP contribution in [0.4, 0.5) is 0 Å². The molecule has 0 aliphatic carbocycles. The first kappa shape index (κ1) is 15.9. The normalized spacial score (nSPS) is 18.4. The van der Waals surface area contributed by atoms with E-state index in [0.29, 0.717) is 17.5 Å². The fraction of sp³-hybridized carbons (Fsp3) is 0.368. The van der Waals surface area contributed by atoms with E-state index in [9.17, 15) is 0 Å². The van der Waals surface area contributed by atoms with Crippen LogP contribution in [0.25, 0.3) is 11.6 Å². The zero-order valence-electron chi connectivity index (χ0n) is 14.3. The Morgan fingerprint density at radius 3 is 2.84 bits per heavy atom. The molecule has 4 rings (SSSR count). The number of aryl methyl sites for hydroxylation is 1. The molecule has 1 atom stereocenters. The van der Waals surface area contributed by atoms with Crippen LogP contribution in [0, 0.1) is 6.92 Å². The maximum Gasteiger partial charge on any atom is 0.267 e. The van der Waals surface area contributed by atoms with Gasteiger partial charge in [-0.15, -0.1) is 10.2 Å². The molecule has 6 nitrogen and oxygen atoms in total. The lowest BCUT2D eigenvalue weighted by Crippen LogP contribution is -2.34. The van der Waals surface area contributed by atoms with E-state index in [1.807, 2.05) is 0 Å². The topological polar surface area (TPSA) is 67.9 Å². The van der Waals surface area contributed by atoms with Crippen molar-refractivity contribution in [1.82, 2.24) is 25.1 Å². The van der Waals surface area contributed by atoms with Crippen LogP contribution in [0.15, 0.2) is 47.3 Å². The number of benzene rings is 1. The Labute approximate surface area is 146 Å². The summed E-state index contributed by atoms with van der Waals surface area (Å²) in [5.74, 6) is 1.42. The predicted molar refractivity (Wildman–Crippen MR) is 93.8 cm³/mol. The average molecular weight is 335 g/mol. The molecule has 3 heterocycles. The number of nitrogens with zero attached hydrogens (tertiary/aromatic N) is 5. The zero-order chi connectivity index (χ0) is 17.1. The minimum absolute atomic E-state index is 0.275. The highest BCUT2D eigenvalue weighted by atomic mass is 16.4. The van der Waals surface area contributed by atoms with Crippen LogP contribution in [0.3, 0.4) is 0 Å². The molecule has 1 aliphatic rings. The first-order valence-corrected chi connectivity index (χ1v) is 8.65. The molecule has 0 radical (unpaired) electrons. The Hall–Kier alpha value is -2.60. The molecule has 128 valence electrons. The van der Waals surface area contributed by atoms with E-state index in [0.717, 1.165) is 32.5 Å². The van der Waals surface area contributed by atoms with E-state index in [4.69, 9.17) is 4.42 Å². The highest BCUT2D eigenvalue weighted by Gasteiger charge is 2.26. The highest BCUT2D eigenvalue weighted by Crippen LogP contribution is 2.28. The Morgan fingerprint density at radius 2 is 2.04 bits per heavy atom. The molecule has 1 saturated heterocycles. The Bertz CT molecular complexity index is 815. The van der Waals surface area contributed by atoms with Gasteiger partial charge < -0.3 is 4.42 Å². The number of hydrogen-bond acceptors (Lipinski definition) is 6. The SMILES string of the molecule is Cc1ccc(CN2CCCC(c3nnc(-c4cnccn4)o3)C2)cc1. The van der Waals surface area contributed by atoms with Gasteiger partial charge in [-0.1, -0.05) is 29.8 Å². The number of aromatic nitrogens is 4. The largest absolute Gasteiger partial charge is 0.419 e. The third kappa shape index (κ3) is 3.74. The Morgan fingerprint density at radius 1 is 1.16 bits per heavy atom. The molecule has 0 saturated carbocycles. The van der Waals surface area contributed by atoms with Gasteiger partial charge in [-0.3, -0.25) is 9.88 Å². The van der Waals surface area contributed by atoms with Crippen molar-refractivity contribution in [2.75, 3.05) is 13.1 Å². The maximum atomic E-state index is 5.87. The third-order valence-electron chi connectivity index (χ3n) is 4.60. The lowest BCUT2D eigenvalue weighted by atomic mass is 9.97. The van der Waals surface area contributed by atoms with Crippen LogP contribution in [-0.2, 0) is 6.54 Å². The summed E-state index contributed by atoms with van der Waals surface area (Å²) in [7, 11) is 0. The minimum atomic E-state index is 0.275. The van der Waals surface area contributed by atoms with Crippen LogP contribution >= 0.6 is 0 Å². The van der Waals surface area contributed by atoms with E-state index in [1.165, 1.54) is 11.1 Å². The van der Waals surface area contributed by atoms with Crippen molar-refractivity contribution in [2.45, 2.75) is 32.2 Å². The average Bonchev–Trinajstić information content (AvgIpc) is 3.15. The fourth-order valence-corrected chi connectivity index (χ4v) is 3.26. The van der Waals surface area contributed by atoms with E-state index in [2.05, 4.69) is 56.3 Å². The van der Waals surface area contributed by atoms with E-state index >= 15 is 0 Å². The zero-order valence-corrected chi connectivity index (χ0v) is 14.3. The summed E-state index contributed by atoms with van der Waals surface area (Å²) in [4.78, 5) is 10.7. The molecule has 6 heteroatoms. The molecular formula is C19H21N5O. The summed E-state index contributed by atoms with van der Waals surface area (Å²) >= 11 is 0. The summed E-state index contributed by atoms with van der Waals surface area (Å²) in [6.45, 7) is 5.12. The van der Waals surface area contributed by atoms with Gasteiger partial charge in [0.25, 0.3) is 5.89 Å². The third-order valence-corrected chi connectivity index (χ3v) is 4.60. The van der Waals surface area contributed by atoms with Crippen molar-refractivity contribution >= 4 is 0 Å². The van der Waals surface area contributed by atoms with Crippen LogP contribution < -0.4 is 0 Å². The molecule has 0 bridgehead atoms. The van der Waals surface area contributed by atoms with Crippen molar-refractivity contribution < 1.29 is 4.42 Å². The standard InChI is InChI=1S/C19H21N5O/c1-14-4-6-15(7-5-14)12-24-10-2-3-16(13-24)18-22-23-19(25-18)17-11-20-8-9-21-17/h4-9,11,16H,2-3,10,12-13H2,1H3. The van der Waals surface area contributed by atoms with Crippen LogP contribution in [0.2, 0.25) is 0 Å². The maximum absolute atomic E-state index is 5.87. The first-order chi connectivity index (χ1) is 12.3. The second kappa shape index (κ2) is 7.11. The second-order valence-electron chi connectivity index (χ2n) is 6.60. The molecule has 1 aliphatic heterocycles. The number of hydrogen-bond donors (Lipinski definition) is 0. The van der Waals surface area contributed by atoms with Gasteiger partial charge >= 0.3 is 0 Å². The van der Waals surface area contributed by atoms with E-state index < -0.39 is 0 Å². The van der Waals surface area contributed by atoms with E-state index in [-0.39, 0.29) is 5.92 Å². The molecule has 2 aromatic heterocycles. The van der Waals surface area contributed by atoms with Gasteiger partial charge in [0.2, 0.25) is 5.89 Å². The summed E-state index contributed by atoms with van der Waals surface area (Å²) in [5.41, 5.74) is 3.26.